The van der Waals surface area contributed by atoms with E-state index in [1.807, 2.05) is 13.0 Å². The molecule has 0 fully saturated rings. The van der Waals surface area contributed by atoms with E-state index >= 15 is 0 Å². The van der Waals surface area contributed by atoms with Crippen molar-refractivity contribution in [2.24, 2.45) is 0 Å². The number of benzene rings is 2. The Hall–Kier alpha value is -2.85. The van der Waals surface area contributed by atoms with Gasteiger partial charge in [0.05, 0.1) is 19.4 Å². The van der Waals surface area contributed by atoms with Crippen molar-refractivity contribution in [3.63, 3.8) is 0 Å². The molecule has 134 valence electrons. The van der Waals surface area contributed by atoms with Gasteiger partial charge in [-0.3, -0.25) is 4.79 Å². The molecule has 26 heavy (non-hydrogen) atoms. The van der Waals surface area contributed by atoms with Gasteiger partial charge in [-0.1, -0.05) is 28.1 Å². The van der Waals surface area contributed by atoms with Crippen molar-refractivity contribution < 1.29 is 18.7 Å². The van der Waals surface area contributed by atoms with Crippen LogP contribution in [0.5, 0.6) is 11.5 Å². The molecule has 0 aliphatic heterocycles. The third kappa shape index (κ3) is 4.61. The normalized spacial score (nSPS) is 10.8. The molecule has 1 amide bonds. The van der Waals surface area contributed by atoms with Gasteiger partial charge in [-0.25, -0.2) is 4.39 Å². The van der Waals surface area contributed by atoms with Gasteiger partial charge in [0.15, 0.2) is 11.5 Å². The van der Waals surface area contributed by atoms with Crippen molar-refractivity contribution in [2.75, 3.05) is 19.0 Å². The average molecular weight is 419 g/mol. The van der Waals surface area contributed by atoms with Gasteiger partial charge in [-0.05, 0) is 42.8 Å². The van der Waals surface area contributed by atoms with Crippen LogP contribution < -0.4 is 14.8 Å². The standard InChI is InChI=1S/C19H16BrFN2O3/c1-3-26-18-10-14(20)12(9-17(18)25-2)8-13(11-22)19(24)23-16-7-5-4-6-15(16)21/h4-10H,3H2,1-2H3,(H,23,24)/b13-8-. The number of nitrogens with one attached hydrogen (secondary N) is 1. The topological polar surface area (TPSA) is 71.3 Å². The molecule has 0 saturated heterocycles. The highest BCUT2D eigenvalue weighted by atomic mass is 79.9. The van der Waals surface area contributed by atoms with Crippen LogP contribution in [0.15, 0.2) is 46.4 Å². The Morgan fingerprint density at radius 3 is 2.69 bits per heavy atom. The van der Waals surface area contributed by atoms with Crippen LogP contribution in [-0.2, 0) is 4.79 Å². The fourth-order valence-electron chi connectivity index (χ4n) is 2.15. The summed E-state index contributed by atoms with van der Waals surface area (Å²) in [6, 6.07) is 10.9. The van der Waals surface area contributed by atoms with E-state index in [1.165, 1.54) is 31.4 Å². The van der Waals surface area contributed by atoms with E-state index in [0.29, 0.717) is 28.1 Å². The predicted molar refractivity (Wildman–Crippen MR) is 100 cm³/mol. The summed E-state index contributed by atoms with van der Waals surface area (Å²) in [5, 5.41) is 11.7. The number of halogens is 2. The molecule has 5 nitrogen and oxygen atoms in total. The van der Waals surface area contributed by atoms with Crippen LogP contribution in [0.3, 0.4) is 0 Å². The molecule has 0 aliphatic carbocycles. The first kappa shape index (κ1) is 19.5. The number of methoxy groups -OCH3 is 1. The van der Waals surface area contributed by atoms with Crippen molar-refractivity contribution in [1.82, 2.24) is 0 Å². The van der Waals surface area contributed by atoms with E-state index in [2.05, 4.69) is 21.2 Å². The molecule has 0 heterocycles. The molecule has 0 unspecified atom stereocenters. The number of anilines is 1. The van der Waals surface area contributed by atoms with Gasteiger partial charge in [0.2, 0.25) is 0 Å². The lowest BCUT2D eigenvalue weighted by atomic mass is 10.1. The fourth-order valence-corrected chi connectivity index (χ4v) is 2.58. The van der Waals surface area contributed by atoms with E-state index in [0.717, 1.165) is 0 Å². The number of carbonyl (C=O) groups is 1. The van der Waals surface area contributed by atoms with E-state index < -0.39 is 11.7 Å². The van der Waals surface area contributed by atoms with Gasteiger partial charge in [-0.15, -0.1) is 0 Å². The zero-order chi connectivity index (χ0) is 19.1. The Labute approximate surface area is 159 Å². The lowest BCUT2D eigenvalue weighted by molar-refractivity contribution is -0.112. The van der Waals surface area contributed by atoms with Gasteiger partial charge < -0.3 is 14.8 Å². The Morgan fingerprint density at radius 1 is 1.35 bits per heavy atom. The first-order valence-corrected chi connectivity index (χ1v) is 8.47. The third-order valence-electron chi connectivity index (χ3n) is 3.37. The number of para-hydroxylation sites is 1. The Bertz CT molecular complexity index is 891. The molecule has 2 rings (SSSR count). The van der Waals surface area contributed by atoms with Crippen molar-refractivity contribution in [3.8, 4) is 17.6 Å². The van der Waals surface area contributed by atoms with Crippen LogP contribution in [0.2, 0.25) is 0 Å². The quantitative estimate of drug-likeness (QED) is 0.551. The highest BCUT2D eigenvalue weighted by Crippen LogP contribution is 2.34. The molecule has 0 aliphatic rings. The zero-order valence-corrected chi connectivity index (χ0v) is 15.8. The number of rotatable bonds is 6. The van der Waals surface area contributed by atoms with E-state index in [9.17, 15) is 14.4 Å². The molecule has 0 saturated carbocycles. The second kappa shape index (κ2) is 9.02. The average Bonchev–Trinajstić information content (AvgIpc) is 2.63. The number of ether oxygens (including phenoxy) is 2. The van der Waals surface area contributed by atoms with E-state index in [1.54, 1.807) is 18.2 Å². The monoisotopic (exact) mass is 418 g/mol. The second-order valence-electron chi connectivity index (χ2n) is 5.06. The molecule has 2 aromatic carbocycles. The van der Waals surface area contributed by atoms with Gasteiger partial charge in [0.25, 0.3) is 5.91 Å². The zero-order valence-electron chi connectivity index (χ0n) is 14.2. The highest BCUT2D eigenvalue weighted by molar-refractivity contribution is 9.10. The number of amides is 1. The summed E-state index contributed by atoms with van der Waals surface area (Å²) in [4.78, 5) is 12.3. The van der Waals surface area contributed by atoms with Crippen molar-refractivity contribution in [2.45, 2.75) is 6.92 Å². The summed E-state index contributed by atoms with van der Waals surface area (Å²) in [6.45, 7) is 2.31. The third-order valence-corrected chi connectivity index (χ3v) is 4.06. The minimum absolute atomic E-state index is 0.00184. The van der Waals surface area contributed by atoms with E-state index in [4.69, 9.17) is 9.47 Å². The maximum absolute atomic E-state index is 13.7. The Kier molecular flexibility index (Phi) is 6.75. The summed E-state index contributed by atoms with van der Waals surface area (Å²) >= 11 is 3.38. The SMILES string of the molecule is CCOc1cc(Br)c(/C=C(/C#N)C(=O)Nc2ccccc2F)cc1OC. The molecular weight excluding hydrogens is 403 g/mol. The first-order chi connectivity index (χ1) is 12.5. The lowest BCUT2D eigenvalue weighted by Crippen LogP contribution is -2.14. The van der Waals surface area contributed by atoms with Gasteiger partial charge in [0.1, 0.15) is 17.5 Å². The predicted octanol–water partition coefficient (Wildman–Crippen LogP) is 4.54. The molecule has 1 N–H and O–H groups in total. The first-order valence-electron chi connectivity index (χ1n) is 7.68. The smallest absolute Gasteiger partial charge is 0.266 e. The Balaban J connectivity index is 2.35. The van der Waals surface area contributed by atoms with E-state index in [-0.39, 0.29) is 11.3 Å². The van der Waals surface area contributed by atoms with Gasteiger partial charge >= 0.3 is 0 Å². The van der Waals surface area contributed by atoms with Gasteiger partial charge in [0, 0.05) is 4.47 Å². The second-order valence-corrected chi connectivity index (χ2v) is 5.92. The van der Waals surface area contributed by atoms with Crippen LogP contribution >= 0.6 is 15.9 Å². The number of hydrogen-bond donors (Lipinski definition) is 1. The highest BCUT2D eigenvalue weighted by Gasteiger charge is 2.14. The summed E-state index contributed by atoms with van der Waals surface area (Å²) in [5.41, 5.74) is 0.368. The van der Waals surface area contributed by atoms with Gasteiger partial charge in [-0.2, -0.15) is 5.26 Å². The summed E-state index contributed by atoms with van der Waals surface area (Å²) in [6.07, 6.45) is 1.39. The lowest BCUT2D eigenvalue weighted by Gasteiger charge is -2.12. The minimum Gasteiger partial charge on any atom is -0.493 e. The van der Waals surface area contributed by atoms with Crippen LogP contribution in [-0.4, -0.2) is 19.6 Å². The van der Waals surface area contributed by atoms with Crippen LogP contribution in [0.1, 0.15) is 12.5 Å². The van der Waals surface area contributed by atoms with Crippen molar-refractivity contribution >= 4 is 33.6 Å². The van der Waals surface area contributed by atoms with Crippen molar-refractivity contribution in [3.05, 3.63) is 57.8 Å². The minimum atomic E-state index is -0.711. The molecule has 2 aromatic rings. The van der Waals surface area contributed by atoms with Crippen LogP contribution in [0, 0.1) is 17.1 Å². The number of hydrogen-bond acceptors (Lipinski definition) is 4. The van der Waals surface area contributed by atoms with Crippen LogP contribution in [0.4, 0.5) is 10.1 Å². The molecule has 0 radical (unpaired) electrons. The number of nitrogens with zero attached hydrogens (tertiary/aromatic N) is 1. The molecular formula is C19H16BrFN2O3. The maximum atomic E-state index is 13.7. The van der Waals surface area contributed by atoms with Crippen LogP contribution in [0.25, 0.3) is 6.08 Å². The fraction of sp³-hybridized carbons (Fsp3) is 0.158. The Morgan fingerprint density at radius 2 is 2.08 bits per heavy atom. The largest absolute Gasteiger partial charge is 0.493 e. The molecule has 7 heteroatoms. The summed E-state index contributed by atoms with van der Waals surface area (Å²) < 4.78 is 25.0. The summed E-state index contributed by atoms with van der Waals surface area (Å²) in [7, 11) is 1.50. The molecule has 0 bridgehead atoms. The molecule has 0 aromatic heterocycles. The number of nitriles is 1. The van der Waals surface area contributed by atoms with Crippen molar-refractivity contribution in [1.29, 1.82) is 5.26 Å². The molecule has 0 spiro atoms. The molecule has 0 atom stereocenters. The maximum Gasteiger partial charge on any atom is 0.266 e. The number of carbonyl (C=O) groups excluding carboxylic acids is 1. The summed E-state index contributed by atoms with van der Waals surface area (Å²) in [5.74, 6) is -0.291.